The fourth-order valence-corrected chi connectivity index (χ4v) is 3.41. The molecule has 20 heavy (non-hydrogen) atoms. The van der Waals surface area contributed by atoms with E-state index >= 15 is 0 Å². The van der Waals surface area contributed by atoms with Gasteiger partial charge in [0.2, 0.25) is 0 Å². The first kappa shape index (κ1) is 28.5. The van der Waals surface area contributed by atoms with Crippen molar-refractivity contribution in [2.24, 2.45) is 5.92 Å². The van der Waals surface area contributed by atoms with Gasteiger partial charge in [-0.15, -0.1) is 6.92 Å². The minimum atomic E-state index is -0.242. The van der Waals surface area contributed by atoms with E-state index < -0.39 is 0 Å². The minimum Gasteiger partial charge on any atom is -0.358 e. The number of hydrogen-bond donors (Lipinski definition) is 1. The van der Waals surface area contributed by atoms with Gasteiger partial charge in [-0.25, -0.2) is 5.57 Å². The topological polar surface area (TPSA) is 12.0 Å². The SMILES string of the molecule is CC1=[C-]C(C)C(C)=C1C.C[Si](C)NC(C)(C)C.[CH3-].[CH3-].[Ti+3]. The Morgan fingerprint density at radius 2 is 1.45 bits per heavy atom. The maximum absolute atomic E-state index is 3.48. The Hall–Kier alpha value is 0.371. The molecule has 1 aliphatic rings. The number of nitrogens with one attached hydrogen (secondary N) is 1. The van der Waals surface area contributed by atoms with Gasteiger partial charge in [-0.05, 0) is 20.8 Å². The molecule has 0 amide bonds. The average Bonchev–Trinajstić information content (AvgIpc) is 2.30. The number of rotatable bonds is 1. The summed E-state index contributed by atoms with van der Waals surface area (Å²) in [4.78, 5) is 3.48. The molecule has 1 rings (SSSR count). The zero-order valence-corrected chi connectivity index (χ0v) is 18.1. The van der Waals surface area contributed by atoms with Gasteiger partial charge in [0.25, 0.3) is 0 Å². The van der Waals surface area contributed by atoms with Crippen LogP contribution in [-0.4, -0.2) is 14.5 Å². The molecule has 0 bridgehead atoms. The molecule has 0 saturated carbocycles. The van der Waals surface area contributed by atoms with Gasteiger partial charge in [0.05, 0.1) is 0 Å². The van der Waals surface area contributed by atoms with Crippen molar-refractivity contribution in [1.29, 1.82) is 0 Å². The van der Waals surface area contributed by atoms with E-state index in [4.69, 9.17) is 0 Å². The van der Waals surface area contributed by atoms with Crippen molar-refractivity contribution in [2.75, 3.05) is 0 Å². The van der Waals surface area contributed by atoms with E-state index in [1.54, 1.807) is 0 Å². The first-order valence-corrected chi connectivity index (χ1v) is 8.90. The van der Waals surface area contributed by atoms with Crippen LogP contribution in [0.1, 0.15) is 48.5 Å². The predicted molar refractivity (Wildman–Crippen MR) is 93.2 cm³/mol. The van der Waals surface area contributed by atoms with Crippen LogP contribution in [0.2, 0.25) is 13.1 Å². The molecule has 1 atom stereocenters. The van der Waals surface area contributed by atoms with E-state index in [1.165, 1.54) is 16.7 Å². The Balaban J connectivity index is -0.000000112. The Morgan fingerprint density at radius 1 is 1.05 bits per heavy atom. The molecule has 1 aliphatic carbocycles. The van der Waals surface area contributed by atoms with Crippen molar-refractivity contribution in [3.8, 4) is 0 Å². The van der Waals surface area contributed by atoms with Gasteiger partial charge in [-0.3, -0.25) is 6.08 Å². The van der Waals surface area contributed by atoms with Crippen molar-refractivity contribution in [3.05, 3.63) is 37.6 Å². The van der Waals surface area contributed by atoms with Gasteiger partial charge < -0.3 is 19.8 Å². The standard InChI is InChI=1S/C9H13.C6H16NSi.2CH3.Ti/c1-6-5-7(2)9(4)8(6)3;1-6(2,3)7-8(4)5;;;/h6H,1-4H3;7H,1-5H3;2*1H3;/q-1;;2*-1;+3. The first-order chi connectivity index (χ1) is 7.54. The molecule has 0 spiro atoms. The number of hydrogen-bond acceptors (Lipinski definition) is 1. The second-order valence-corrected chi connectivity index (χ2v) is 8.42. The van der Waals surface area contributed by atoms with Gasteiger partial charge in [0, 0.05) is 5.54 Å². The maximum atomic E-state index is 3.48. The smallest absolute Gasteiger partial charge is 0.358 e. The molecule has 0 fully saturated rings. The van der Waals surface area contributed by atoms with E-state index in [9.17, 15) is 0 Å². The van der Waals surface area contributed by atoms with Crippen LogP contribution in [0.3, 0.4) is 0 Å². The zero-order valence-electron chi connectivity index (χ0n) is 15.6. The van der Waals surface area contributed by atoms with Crippen molar-refractivity contribution >= 4 is 8.96 Å². The molecule has 0 aromatic heterocycles. The fraction of sp³-hybridized carbons (Fsp3) is 0.647. The average molecular weight is 329 g/mol. The normalized spacial score (nSPS) is 17.3. The largest absolute Gasteiger partial charge is 3.00 e. The van der Waals surface area contributed by atoms with E-state index in [1.807, 2.05) is 0 Å². The summed E-state index contributed by atoms with van der Waals surface area (Å²) >= 11 is 0. The summed E-state index contributed by atoms with van der Waals surface area (Å²) in [6, 6.07) is 0. The Morgan fingerprint density at radius 3 is 1.50 bits per heavy atom. The van der Waals surface area contributed by atoms with E-state index in [0.717, 1.165) is 0 Å². The molecule has 3 heteroatoms. The molecule has 1 unspecified atom stereocenters. The molecule has 0 heterocycles. The van der Waals surface area contributed by atoms with E-state index in [2.05, 4.69) is 72.6 Å². The van der Waals surface area contributed by atoms with Crippen LogP contribution in [-0.2, 0) is 21.7 Å². The van der Waals surface area contributed by atoms with Gasteiger partial charge in [0.15, 0.2) is 0 Å². The molecular formula is C17H35NSiTi. The Kier molecular flexibility index (Phi) is 17.1. The quantitative estimate of drug-likeness (QED) is 0.512. The van der Waals surface area contributed by atoms with Crippen molar-refractivity contribution in [1.82, 2.24) is 4.98 Å². The summed E-state index contributed by atoms with van der Waals surface area (Å²) in [6.45, 7) is 19.8. The molecule has 1 N–H and O–H groups in total. The van der Waals surface area contributed by atoms with Crippen LogP contribution in [0.15, 0.2) is 16.7 Å². The third-order valence-electron chi connectivity index (χ3n) is 2.86. The molecule has 0 aromatic carbocycles. The van der Waals surface area contributed by atoms with Crippen LogP contribution >= 0.6 is 0 Å². The predicted octanol–water partition coefficient (Wildman–Crippen LogP) is 5.25. The van der Waals surface area contributed by atoms with Crippen molar-refractivity contribution in [3.63, 3.8) is 0 Å². The fourth-order valence-electron chi connectivity index (χ4n) is 1.91. The van der Waals surface area contributed by atoms with Crippen LogP contribution in [0, 0.1) is 26.8 Å². The molecule has 116 valence electrons. The summed E-state index contributed by atoms with van der Waals surface area (Å²) in [5.41, 5.74) is 4.56. The monoisotopic (exact) mass is 329 g/mol. The van der Waals surface area contributed by atoms with Gasteiger partial charge >= 0.3 is 21.7 Å². The first-order valence-electron chi connectivity index (χ1n) is 6.40. The van der Waals surface area contributed by atoms with Gasteiger partial charge in [-0.2, -0.15) is 11.1 Å². The Labute approximate surface area is 146 Å². The van der Waals surface area contributed by atoms with Crippen LogP contribution < -0.4 is 4.98 Å². The second kappa shape index (κ2) is 12.0. The third kappa shape index (κ3) is 12.1. The molecule has 0 aliphatic heterocycles. The number of allylic oxidation sites excluding steroid dienone is 4. The summed E-state index contributed by atoms with van der Waals surface area (Å²) in [5.74, 6) is 0.560. The minimum absolute atomic E-state index is 0. The summed E-state index contributed by atoms with van der Waals surface area (Å²) in [7, 11) is -0.242. The van der Waals surface area contributed by atoms with Gasteiger partial charge in [0.1, 0.15) is 8.96 Å². The maximum Gasteiger partial charge on any atom is 3.00 e. The summed E-state index contributed by atoms with van der Waals surface area (Å²) in [5, 5.41) is 0. The van der Waals surface area contributed by atoms with Crippen molar-refractivity contribution in [2.45, 2.75) is 67.1 Å². The Bertz CT molecular complexity index is 311. The second-order valence-electron chi connectivity index (χ2n) is 6.17. The van der Waals surface area contributed by atoms with E-state index in [-0.39, 0.29) is 45.5 Å². The van der Waals surface area contributed by atoms with Gasteiger partial charge in [-0.1, -0.05) is 39.8 Å². The molecule has 0 aromatic rings. The summed E-state index contributed by atoms with van der Waals surface area (Å²) in [6.07, 6.45) is 3.36. The zero-order chi connectivity index (χ0) is 13.8. The molecule has 1 nitrogen and oxygen atoms in total. The van der Waals surface area contributed by atoms with E-state index in [0.29, 0.717) is 11.5 Å². The molecular weight excluding hydrogens is 294 g/mol. The summed E-state index contributed by atoms with van der Waals surface area (Å²) < 4.78 is 0. The molecule has 2 radical (unpaired) electrons. The van der Waals surface area contributed by atoms with Crippen LogP contribution in [0.25, 0.3) is 0 Å². The third-order valence-corrected chi connectivity index (χ3v) is 4.11. The molecule has 0 saturated heterocycles. The van der Waals surface area contributed by atoms with Crippen LogP contribution in [0.4, 0.5) is 0 Å². The van der Waals surface area contributed by atoms with Crippen molar-refractivity contribution < 1.29 is 21.7 Å². The van der Waals surface area contributed by atoms with Crippen LogP contribution in [0.5, 0.6) is 0 Å².